The highest BCUT2D eigenvalue weighted by Gasteiger charge is 2.29. The van der Waals surface area contributed by atoms with Gasteiger partial charge in [0.05, 0.1) is 0 Å². The van der Waals surface area contributed by atoms with Crippen molar-refractivity contribution >= 4 is 29.1 Å². The summed E-state index contributed by atoms with van der Waals surface area (Å²) in [6, 6.07) is 6.91. The highest BCUT2D eigenvalue weighted by atomic mass is 35.5. The molecule has 0 radical (unpaired) electrons. The molecule has 1 N–H and O–H groups in total. The molecule has 1 aliphatic rings. The van der Waals surface area contributed by atoms with Crippen LogP contribution in [0.25, 0.3) is 0 Å². The molecule has 1 heterocycles. The lowest BCUT2D eigenvalue weighted by Crippen LogP contribution is -2.31. The summed E-state index contributed by atoms with van der Waals surface area (Å²) in [5.41, 5.74) is 1.01. The second-order valence-electron chi connectivity index (χ2n) is 3.58. The molecule has 5 heteroatoms. The monoisotopic (exact) mass is 250 g/mol. The number of nitrogens with zero attached hydrogens (tertiary/aromatic N) is 1. The maximum Gasteiger partial charge on any atom is 0.277 e. The highest BCUT2D eigenvalue weighted by Crippen LogP contribution is 2.18. The number of likely N-dealkylation sites (N-methyl/N-ethyl adjacent to an activating group) is 1. The van der Waals surface area contributed by atoms with E-state index in [4.69, 9.17) is 11.6 Å². The van der Waals surface area contributed by atoms with Crippen LogP contribution in [-0.2, 0) is 9.59 Å². The Kier molecular flexibility index (Phi) is 3.15. The van der Waals surface area contributed by atoms with Gasteiger partial charge in [0.25, 0.3) is 11.8 Å². The number of nitrogens with one attached hydrogen (secondary N) is 1. The predicted molar refractivity (Wildman–Crippen MR) is 65.6 cm³/mol. The van der Waals surface area contributed by atoms with Crippen LogP contribution in [0.5, 0.6) is 0 Å². The number of anilines is 1. The lowest BCUT2D eigenvalue weighted by molar-refractivity contribution is -0.136. The van der Waals surface area contributed by atoms with Gasteiger partial charge in [-0.15, -0.1) is 0 Å². The summed E-state index contributed by atoms with van der Waals surface area (Å²) in [5.74, 6) is -0.582. The van der Waals surface area contributed by atoms with Gasteiger partial charge in [-0.25, -0.2) is 0 Å². The molecule has 0 fully saturated rings. The average Bonchev–Trinajstić information content (AvgIpc) is 2.57. The van der Waals surface area contributed by atoms with E-state index >= 15 is 0 Å². The van der Waals surface area contributed by atoms with Crippen molar-refractivity contribution in [2.75, 3.05) is 11.9 Å². The molecule has 1 aromatic carbocycles. The fraction of sp³-hybridized carbons (Fsp3) is 0.167. The van der Waals surface area contributed by atoms with E-state index < -0.39 is 0 Å². The van der Waals surface area contributed by atoms with Crippen molar-refractivity contribution in [3.05, 3.63) is 41.1 Å². The Morgan fingerprint density at radius 2 is 1.88 bits per heavy atom. The molecule has 1 aromatic rings. The summed E-state index contributed by atoms with van der Waals surface area (Å²) in [6.45, 7) is 2.13. The Balaban J connectivity index is 2.15. The standard InChI is InChI=1S/C12H11ClN2O2/c1-2-15-11(16)7-10(12(15)17)14-9-5-3-8(13)4-6-9/h3-7,14H,2H2,1H3. The second-order valence-corrected chi connectivity index (χ2v) is 4.01. The second kappa shape index (κ2) is 4.59. The molecule has 1 aliphatic heterocycles. The number of carbonyl (C=O) groups excluding carboxylic acids is 2. The van der Waals surface area contributed by atoms with Gasteiger partial charge in [-0.05, 0) is 31.2 Å². The fourth-order valence-corrected chi connectivity index (χ4v) is 1.71. The van der Waals surface area contributed by atoms with Gasteiger partial charge < -0.3 is 5.32 Å². The summed E-state index contributed by atoms with van der Waals surface area (Å²) >= 11 is 5.75. The predicted octanol–water partition coefficient (Wildman–Crippen LogP) is 2.02. The third kappa shape index (κ3) is 2.31. The summed E-state index contributed by atoms with van der Waals surface area (Å²) in [6.07, 6.45) is 1.31. The van der Waals surface area contributed by atoms with Gasteiger partial charge in [-0.1, -0.05) is 11.6 Å². The largest absolute Gasteiger partial charge is 0.351 e. The summed E-state index contributed by atoms with van der Waals surface area (Å²) in [4.78, 5) is 24.4. The van der Waals surface area contributed by atoms with Crippen LogP contribution in [0.15, 0.2) is 36.0 Å². The summed E-state index contributed by atoms with van der Waals surface area (Å²) in [5, 5.41) is 3.52. The third-order valence-corrected chi connectivity index (χ3v) is 2.70. The quantitative estimate of drug-likeness (QED) is 0.835. The number of rotatable bonds is 3. The number of carbonyl (C=O) groups is 2. The van der Waals surface area contributed by atoms with Gasteiger partial charge in [0.2, 0.25) is 0 Å². The smallest absolute Gasteiger partial charge is 0.277 e. The van der Waals surface area contributed by atoms with E-state index in [0.717, 1.165) is 5.69 Å². The first kappa shape index (κ1) is 11.7. The van der Waals surface area contributed by atoms with E-state index in [0.29, 0.717) is 17.3 Å². The van der Waals surface area contributed by atoms with Crippen LogP contribution in [0.3, 0.4) is 0 Å². The number of hydrogen-bond acceptors (Lipinski definition) is 3. The lowest BCUT2D eigenvalue weighted by atomic mass is 10.3. The molecular formula is C12H11ClN2O2. The Bertz CT molecular complexity index is 494. The van der Waals surface area contributed by atoms with Gasteiger partial charge in [0, 0.05) is 23.3 Å². The Hall–Kier alpha value is -1.81. The lowest BCUT2D eigenvalue weighted by Gasteiger charge is -2.12. The Morgan fingerprint density at radius 3 is 2.41 bits per heavy atom. The molecule has 0 saturated heterocycles. The summed E-state index contributed by atoms with van der Waals surface area (Å²) in [7, 11) is 0. The molecule has 4 nitrogen and oxygen atoms in total. The molecular weight excluding hydrogens is 240 g/mol. The fourth-order valence-electron chi connectivity index (χ4n) is 1.59. The first-order valence-electron chi connectivity index (χ1n) is 5.22. The Morgan fingerprint density at radius 1 is 1.24 bits per heavy atom. The zero-order valence-electron chi connectivity index (χ0n) is 9.24. The van der Waals surface area contributed by atoms with Crippen LogP contribution >= 0.6 is 11.6 Å². The first-order chi connectivity index (χ1) is 8.11. The molecule has 88 valence electrons. The van der Waals surface area contributed by atoms with Crippen LogP contribution < -0.4 is 5.32 Å². The minimum Gasteiger partial charge on any atom is -0.351 e. The van der Waals surface area contributed by atoms with E-state index in [9.17, 15) is 9.59 Å². The minimum atomic E-state index is -0.299. The van der Waals surface area contributed by atoms with E-state index in [1.807, 2.05) is 0 Å². The highest BCUT2D eigenvalue weighted by molar-refractivity contribution is 6.30. The number of benzene rings is 1. The normalized spacial score (nSPS) is 15.2. The molecule has 2 amide bonds. The maximum atomic E-state index is 11.8. The molecule has 0 aliphatic carbocycles. The zero-order valence-corrected chi connectivity index (χ0v) is 9.99. The number of amides is 2. The molecule has 0 saturated carbocycles. The minimum absolute atomic E-state index is 0.283. The molecule has 0 atom stereocenters. The topological polar surface area (TPSA) is 49.4 Å². The van der Waals surface area contributed by atoms with Crippen LogP contribution in [-0.4, -0.2) is 23.3 Å². The number of imide groups is 1. The van der Waals surface area contributed by atoms with Crippen LogP contribution in [0.2, 0.25) is 5.02 Å². The molecule has 0 spiro atoms. The molecule has 0 aromatic heterocycles. The van der Waals surface area contributed by atoms with E-state index in [2.05, 4.69) is 5.32 Å². The van der Waals surface area contributed by atoms with Crippen molar-refractivity contribution in [2.45, 2.75) is 6.92 Å². The van der Waals surface area contributed by atoms with Crippen molar-refractivity contribution in [3.63, 3.8) is 0 Å². The van der Waals surface area contributed by atoms with Crippen molar-refractivity contribution in [3.8, 4) is 0 Å². The SMILES string of the molecule is CCN1C(=O)C=C(Nc2ccc(Cl)cc2)C1=O. The van der Waals surface area contributed by atoms with Gasteiger partial charge in [-0.2, -0.15) is 0 Å². The number of halogens is 1. The zero-order chi connectivity index (χ0) is 12.4. The third-order valence-electron chi connectivity index (χ3n) is 2.45. The molecule has 0 bridgehead atoms. The molecule has 2 rings (SSSR count). The van der Waals surface area contributed by atoms with Crippen LogP contribution in [0, 0.1) is 0 Å². The van der Waals surface area contributed by atoms with Crippen LogP contribution in [0.4, 0.5) is 5.69 Å². The van der Waals surface area contributed by atoms with Gasteiger partial charge in [-0.3, -0.25) is 14.5 Å². The average molecular weight is 251 g/mol. The van der Waals surface area contributed by atoms with Gasteiger partial charge in [0.15, 0.2) is 0 Å². The maximum absolute atomic E-state index is 11.8. The van der Waals surface area contributed by atoms with Gasteiger partial charge >= 0.3 is 0 Å². The van der Waals surface area contributed by atoms with Gasteiger partial charge in [0.1, 0.15) is 5.70 Å². The van der Waals surface area contributed by atoms with Crippen LogP contribution in [0.1, 0.15) is 6.92 Å². The number of hydrogen-bond donors (Lipinski definition) is 1. The summed E-state index contributed by atoms with van der Waals surface area (Å²) < 4.78 is 0. The molecule has 17 heavy (non-hydrogen) atoms. The van der Waals surface area contributed by atoms with E-state index in [-0.39, 0.29) is 11.8 Å². The van der Waals surface area contributed by atoms with Crippen molar-refractivity contribution in [1.82, 2.24) is 4.90 Å². The van der Waals surface area contributed by atoms with E-state index in [1.165, 1.54) is 11.0 Å². The first-order valence-corrected chi connectivity index (χ1v) is 5.59. The van der Waals surface area contributed by atoms with Crippen molar-refractivity contribution < 1.29 is 9.59 Å². The molecule has 0 unspecified atom stereocenters. The van der Waals surface area contributed by atoms with E-state index in [1.54, 1.807) is 31.2 Å². The van der Waals surface area contributed by atoms with Crippen molar-refractivity contribution in [1.29, 1.82) is 0 Å². The Labute approximate surface area is 104 Å². The van der Waals surface area contributed by atoms with Crippen molar-refractivity contribution in [2.24, 2.45) is 0 Å².